The molecule has 18 N–H and O–H groups in total. The van der Waals surface area contributed by atoms with Gasteiger partial charge < -0.3 is 103 Å². The summed E-state index contributed by atoms with van der Waals surface area (Å²) in [6.45, 7) is -0.725. The lowest BCUT2D eigenvalue weighted by molar-refractivity contribution is -0.312. The van der Waals surface area contributed by atoms with E-state index < -0.39 is 129 Å². The number of aliphatic hydroxyl groups is 7. The number of rotatable bonds is 14. The van der Waals surface area contributed by atoms with Gasteiger partial charge in [-0.2, -0.15) is 0 Å². The number of hydrogen-bond donors (Lipinski definition) is 13. The van der Waals surface area contributed by atoms with Crippen molar-refractivity contribution in [2.75, 3.05) is 32.9 Å². The highest BCUT2D eigenvalue weighted by atomic mass is 16.8. The summed E-state index contributed by atoms with van der Waals surface area (Å²) in [4.78, 5) is 0. The molecule has 3 aliphatic heterocycles. The van der Waals surface area contributed by atoms with Gasteiger partial charge in [0, 0.05) is 31.2 Å². The molecule has 20 nitrogen and oxygen atoms in total. The molecule has 3 saturated heterocycles. The molecular weight excluding hydrogens is 680 g/mol. The van der Waals surface area contributed by atoms with E-state index in [9.17, 15) is 35.7 Å². The van der Waals surface area contributed by atoms with Crippen LogP contribution in [0.2, 0.25) is 0 Å². The number of nitrogens with one attached hydrogen (secondary N) is 1. The van der Waals surface area contributed by atoms with Gasteiger partial charge in [0.25, 0.3) is 0 Å². The first kappa shape index (κ1) is 41.4. The smallest absolute Gasteiger partial charge is 0.187 e. The van der Waals surface area contributed by atoms with Crippen molar-refractivity contribution < 1.29 is 68.9 Å². The number of hydrogen-bond acceptors (Lipinski definition) is 20. The summed E-state index contributed by atoms with van der Waals surface area (Å²) in [5.74, 6) is 0. The molecule has 2 aliphatic carbocycles. The van der Waals surface area contributed by atoms with Crippen molar-refractivity contribution in [3.8, 4) is 0 Å². The first-order valence-electron chi connectivity index (χ1n) is 18.0. The molecule has 0 aromatic rings. The summed E-state index contributed by atoms with van der Waals surface area (Å²) >= 11 is 0. The second-order valence-corrected chi connectivity index (χ2v) is 14.3. The van der Waals surface area contributed by atoms with Crippen LogP contribution >= 0.6 is 0 Å². The molecule has 2 saturated carbocycles. The maximum Gasteiger partial charge on any atom is 0.187 e. The minimum atomic E-state index is -1.51. The molecule has 0 aromatic heterocycles. The van der Waals surface area contributed by atoms with Gasteiger partial charge in [0.05, 0.1) is 38.0 Å². The normalized spacial score (nSPS) is 48.6. The van der Waals surface area contributed by atoms with Crippen molar-refractivity contribution in [3.63, 3.8) is 0 Å². The van der Waals surface area contributed by atoms with Crippen LogP contribution in [0.1, 0.15) is 38.5 Å². The zero-order chi connectivity index (χ0) is 37.0. The molecule has 20 heteroatoms. The molecule has 5 fully saturated rings. The Morgan fingerprint density at radius 1 is 0.588 bits per heavy atom. The summed E-state index contributed by atoms with van der Waals surface area (Å²) < 4.78 is 42.7. The number of ether oxygens (including phenoxy) is 7. The van der Waals surface area contributed by atoms with E-state index in [4.69, 9.17) is 61.8 Å². The van der Waals surface area contributed by atoms with Crippen molar-refractivity contribution in [1.82, 2.24) is 5.32 Å². The predicted molar refractivity (Wildman–Crippen MR) is 175 cm³/mol. The highest BCUT2D eigenvalue weighted by Crippen LogP contribution is 2.35. The molecule has 0 aromatic carbocycles. The molecule has 0 radical (unpaired) electrons. The molecule has 5 aliphatic rings. The fourth-order valence-corrected chi connectivity index (χ4v) is 7.62. The molecule has 19 atom stereocenters. The predicted octanol–water partition coefficient (Wildman–Crippen LogP) is -6.92. The Labute approximate surface area is 296 Å². The average molecular weight is 741 g/mol. The quantitative estimate of drug-likeness (QED) is 0.0736. The average Bonchev–Trinajstić information content (AvgIpc) is 3.46. The van der Waals surface area contributed by atoms with Gasteiger partial charge in [-0.3, -0.25) is 0 Å². The SMILES string of the molecule is NC[C@@H]1O[C@H](O[C@H]2[C@@H](OCCNC3CCCCC3)[C@H](O[C@@H]3[C@@H](O)[C@H](N)C[C@H](N)[C@H]3O[C@H]3O[C@H](CO)[C@@H](O)[C@H](O)[C@H]3N)O[C@@H]2CO)[C@H](N)[C@@H](O)[C@@H]1O. The highest BCUT2D eigenvalue weighted by Gasteiger charge is 2.55. The largest absolute Gasteiger partial charge is 0.394 e. The molecular formula is C31H60N6O14. The van der Waals surface area contributed by atoms with Crippen molar-refractivity contribution >= 4 is 0 Å². The molecule has 51 heavy (non-hydrogen) atoms. The zero-order valence-corrected chi connectivity index (χ0v) is 28.7. The molecule has 0 unspecified atom stereocenters. The Hall–Kier alpha value is -0.800. The maximum atomic E-state index is 11.3. The van der Waals surface area contributed by atoms with Crippen LogP contribution in [0.25, 0.3) is 0 Å². The minimum absolute atomic E-state index is 0.0962. The molecule has 298 valence electrons. The second kappa shape index (κ2) is 18.7. The maximum absolute atomic E-state index is 11.3. The molecule has 0 bridgehead atoms. The van der Waals surface area contributed by atoms with E-state index in [1.807, 2.05) is 0 Å². The van der Waals surface area contributed by atoms with Crippen LogP contribution < -0.4 is 34.0 Å². The fourth-order valence-electron chi connectivity index (χ4n) is 7.62. The Kier molecular flexibility index (Phi) is 15.2. The van der Waals surface area contributed by atoms with Gasteiger partial charge in [-0.05, 0) is 19.3 Å². The zero-order valence-electron chi connectivity index (χ0n) is 28.7. The van der Waals surface area contributed by atoms with Crippen molar-refractivity contribution in [1.29, 1.82) is 0 Å². The topological polar surface area (TPSA) is 348 Å². The van der Waals surface area contributed by atoms with E-state index in [0.717, 1.165) is 25.7 Å². The standard InChI is InChI=1S/C31H60N6O14/c32-9-15-21(41)23(43)18(35)29(46-15)50-26-17(11-39)48-31(28(26)45-7-6-37-12-4-2-1-3-5-12)51-27-20(40)13(33)8-14(34)25(27)49-30-19(36)24(44)22(42)16(10-38)47-30/h12-31,37-44H,1-11,32-36H2/t13-,14+,15+,16-,17-,18-,19-,20+,21-,22-,23-,24-,25-,26-,27-,28-,29-,30-,31+/m1/s1. The Bertz CT molecular complexity index is 1050. The Morgan fingerprint density at radius 2 is 1.14 bits per heavy atom. The monoisotopic (exact) mass is 740 g/mol. The Balaban J connectivity index is 1.36. The molecule has 3 heterocycles. The van der Waals surface area contributed by atoms with E-state index in [1.165, 1.54) is 6.42 Å². The first-order valence-corrected chi connectivity index (χ1v) is 18.0. The van der Waals surface area contributed by atoms with E-state index in [0.29, 0.717) is 12.6 Å². The van der Waals surface area contributed by atoms with E-state index in [1.54, 1.807) is 0 Å². The van der Waals surface area contributed by atoms with Crippen LogP contribution in [-0.4, -0.2) is 191 Å². The van der Waals surface area contributed by atoms with Gasteiger partial charge in [0.2, 0.25) is 0 Å². The summed E-state index contributed by atoms with van der Waals surface area (Å²) in [6, 6.07) is -3.84. The number of aliphatic hydroxyl groups excluding tert-OH is 7. The van der Waals surface area contributed by atoms with Crippen LogP contribution in [0.4, 0.5) is 0 Å². The Morgan fingerprint density at radius 3 is 1.75 bits per heavy atom. The summed E-state index contributed by atoms with van der Waals surface area (Å²) in [5, 5.41) is 76.7. The van der Waals surface area contributed by atoms with Crippen molar-refractivity contribution in [3.05, 3.63) is 0 Å². The van der Waals surface area contributed by atoms with Gasteiger partial charge in [-0.15, -0.1) is 0 Å². The molecule has 0 spiro atoms. The second-order valence-electron chi connectivity index (χ2n) is 14.3. The van der Waals surface area contributed by atoms with Gasteiger partial charge in [0.15, 0.2) is 18.9 Å². The fraction of sp³-hybridized carbons (Fsp3) is 1.00. The van der Waals surface area contributed by atoms with Crippen LogP contribution in [-0.2, 0) is 33.2 Å². The summed E-state index contributed by atoms with van der Waals surface area (Å²) in [5.41, 5.74) is 30.8. The minimum Gasteiger partial charge on any atom is -0.394 e. The van der Waals surface area contributed by atoms with Gasteiger partial charge >= 0.3 is 0 Å². The van der Waals surface area contributed by atoms with E-state index in [-0.39, 0.29) is 19.6 Å². The lowest BCUT2D eigenvalue weighted by atomic mass is 9.84. The summed E-state index contributed by atoms with van der Waals surface area (Å²) in [6.07, 6.45) is -13.5. The third-order valence-corrected chi connectivity index (χ3v) is 10.7. The van der Waals surface area contributed by atoms with Gasteiger partial charge in [-0.1, -0.05) is 19.3 Å². The van der Waals surface area contributed by atoms with Crippen LogP contribution in [0.5, 0.6) is 0 Å². The third-order valence-electron chi connectivity index (χ3n) is 10.7. The summed E-state index contributed by atoms with van der Waals surface area (Å²) in [7, 11) is 0. The lowest BCUT2D eigenvalue weighted by Gasteiger charge is -2.47. The van der Waals surface area contributed by atoms with Crippen LogP contribution in [0.15, 0.2) is 0 Å². The van der Waals surface area contributed by atoms with Crippen LogP contribution in [0, 0.1) is 0 Å². The van der Waals surface area contributed by atoms with Crippen molar-refractivity contribution in [2.24, 2.45) is 28.7 Å². The van der Waals surface area contributed by atoms with E-state index >= 15 is 0 Å². The third kappa shape index (κ3) is 9.36. The lowest BCUT2D eigenvalue weighted by Crippen LogP contribution is -2.68. The molecule has 0 amide bonds. The first-order chi connectivity index (χ1) is 24.4. The van der Waals surface area contributed by atoms with E-state index in [2.05, 4.69) is 5.32 Å². The number of nitrogens with two attached hydrogens (primary N) is 5. The van der Waals surface area contributed by atoms with Gasteiger partial charge in [0.1, 0.15) is 67.1 Å². The molecule has 5 rings (SSSR count). The van der Waals surface area contributed by atoms with Crippen molar-refractivity contribution in [2.45, 2.75) is 161 Å². The highest BCUT2D eigenvalue weighted by molar-refractivity contribution is 5.02. The van der Waals surface area contributed by atoms with Gasteiger partial charge in [-0.25, -0.2) is 0 Å². The van der Waals surface area contributed by atoms with Crippen LogP contribution in [0.3, 0.4) is 0 Å².